The van der Waals surface area contributed by atoms with Crippen molar-refractivity contribution in [1.29, 1.82) is 0 Å². The Morgan fingerprint density at radius 2 is 1.20 bits per heavy atom. The van der Waals surface area contributed by atoms with Gasteiger partial charge in [-0.05, 0) is 86.5 Å². The smallest absolute Gasteiger partial charge is 0.509 e. The summed E-state index contributed by atoms with van der Waals surface area (Å²) in [5.41, 5.74) is 12.9. The number of hydrogen-bond donors (Lipinski definition) is 0. The molecule has 0 saturated carbocycles. The van der Waals surface area contributed by atoms with Gasteiger partial charge in [-0.15, -0.1) is 53.6 Å². The number of rotatable bonds is 8. The topological polar surface area (TPSA) is 33.5 Å². The zero-order valence-electron chi connectivity index (χ0n) is 39.3. The van der Waals surface area contributed by atoms with Gasteiger partial charge in [-0.1, -0.05) is 158 Å². The van der Waals surface area contributed by atoms with Crippen molar-refractivity contribution in [2.45, 2.75) is 71.6 Å². The van der Waals surface area contributed by atoms with Crippen LogP contribution >= 0.6 is 0 Å². The predicted octanol–water partition coefficient (Wildman–Crippen LogP) is 16.0. The van der Waals surface area contributed by atoms with Crippen LogP contribution < -0.4 is 14.5 Å². The third-order valence-corrected chi connectivity index (χ3v) is 12.7. The fraction of sp³-hybridized carbons (Fsp3) is 0.183. The molecule has 10 rings (SSSR count). The molecule has 0 bridgehead atoms. The fourth-order valence-electron chi connectivity index (χ4n) is 8.90. The SMILES string of the molecule is CC(C)(C)c1ccnc(-n2c3[c-]c(Oc4[c-]c(N5[CH-]N(c6cccc(C(C)(C)c7ccccc7)c6)c6ccc(C(C)(C)C)cc65)cc(-c5ccccc5)c4)ccc3c3ccccc32)c1.[CH3-].[Pt+4]. The van der Waals surface area contributed by atoms with E-state index in [4.69, 9.17) is 9.72 Å². The molecule has 0 radical (unpaired) electrons. The van der Waals surface area contributed by atoms with Crippen molar-refractivity contribution in [3.63, 3.8) is 0 Å². The average Bonchev–Trinajstić information content (AvgIpc) is 3.85. The Morgan fingerprint density at radius 3 is 1.94 bits per heavy atom. The van der Waals surface area contributed by atoms with Crippen LogP contribution in [0.2, 0.25) is 0 Å². The third kappa shape index (κ3) is 8.58. The molecule has 6 heteroatoms. The number of aromatic nitrogens is 2. The number of fused-ring (bicyclic) bond motifs is 4. The first-order chi connectivity index (χ1) is 30.7. The quantitative estimate of drug-likeness (QED) is 0.142. The summed E-state index contributed by atoms with van der Waals surface area (Å²) in [6.07, 6.45) is 1.91. The van der Waals surface area contributed by atoms with E-state index in [-0.39, 0.29) is 44.7 Å². The summed E-state index contributed by atoms with van der Waals surface area (Å²) in [4.78, 5) is 9.46. The maximum absolute atomic E-state index is 6.89. The maximum atomic E-state index is 6.89. The van der Waals surface area contributed by atoms with Gasteiger partial charge in [-0.2, -0.15) is 6.07 Å². The molecule has 3 heterocycles. The molecule has 5 nitrogen and oxygen atoms in total. The number of benzene rings is 7. The van der Waals surface area contributed by atoms with Crippen LogP contribution in [-0.2, 0) is 37.3 Å². The summed E-state index contributed by atoms with van der Waals surface area (Å²) in [5.74, 6) is 2.04. The minimum absolute atomic E-state index is 0. The Morgan fingerprint density at radius 1 is 0.515 bits per heavy atom. The van der Waals surface area contributed by atoms with Gasteiger partial charge in [0.05, 0.1) is 0 Å². The molecule has 0 atom stereocenters. The molecule has 0 fully saturated rings. The minimum atomic E-state index is -0.193. The molecule has 2 aromatic heterocycles. The second-order valence-corrected chi connectivity index (χ2v) is 19.5. The number of pyridine rings is 1. The van der Waals surface area contributed by atoms with Gasteiger partial charge in [0, 0.05) is 45.7 Å². The van der Waals surface area contributed by atoms with Crippen LogP contribution in [0.1, 0.15) is 77.6 Å². The Kier molecular flexibility index (Phi) is 12.4. The van der Waals surface area contributed by atoms with Crippen molar-refractivity contribution >= 4 is 44.6 Å². The van der Waals surface area contributed by atoms with Crippen LogP contribution in [0.4, 0.5) is 22.7 Å². The predicted molar refractivity (Wildman–Crippen MR) is 272 cm³/mol. The van der Waals surface area contributed by atoms with E-state index in [0.717, 1.165) is 61.5 Å². The molecular formula is C60H56N4OPt. The van der Waals surface area contributed by atoms with Crippen molar-refractivity contribution in [3.8, 4) is 28.4 Å². The molecule has 66 heavy (non-hydrogen) atoms. The molecule has 0 saturated heterocycles. The van der Waals surface area contributed by atoms with Crippen molar-refractivity contribution in [2.24, 2.45) is 0 Å². The molecule has 9 aromatic rings. The molecule has 1 aliphatic heterocycles. The molecule has 332 valence electrons. The number of nitrogens with zero attached hydrogens (tertiary/aromatic N) is 4. The van der Waals surface area contributed by atoms with Gasteiger partial charge in [0.15, 0.2) is 0 Å². The second-order valence-electron chi connectivity index (χ2n) is 19.5. The summed E-state index contributed by atoms with van der Waals surface area (Å²) in [6.45, 7) is 20.3. The van der Waals surface area contributed by atoms with Crippen LogP contribution in [0.3, 0.4) is 0 Å². The van der Waals surface area contributed by atoms with Crippen LogP contribution in [0.15, 0.2) is 170 Å². The van der Waals surface area contributed by atoms with Crippen molar-refractivity contribution < 1.29 is 25.8 Å². The Labute approximate surface area is 406 Å². The largest absolute Gasteiger partial charge is 4.00 e. The summed E-state index contributed by atoms with van der Waals surface area (Å²) < 4.78 is 9.09. The van der Waals surface area contributed by atoms with Crippen LogP contribution in [0, 0.1) is 26.2 Å². The van der Waals surface area contributed by atoms with E-state index >= 15 is 0 Å². The normalized spacial score (nSPS) is 12.8. The van der Waals surface area contributed by atoms with Crippen LogP contribution in [0.25, 0.3) is 38.8 Å². The molecule has 0 spiro atoms. The standard InChI is InChI=1S/C59H53N4O.CH3.Pt/c1-57(2,3)43-26-29-53-55(35-43)62(39-61(53)46-23-17-22-45(34-46)59(7,8)42-20-13-10-14-21-42)47-32-41(40-18-11-9-12-19-40)33-49(37-47)64-48-27-28-51-50-24-15-16-25-52(50)63(54(51)38-48)56-36-44(30-31-60-56)58(4,5)6;;/h9-36,39H,1-8H3;1H3;/q-3;-1;+4. The number of ether oxygens (including phenoxy) is 1. The zero-order chi connectivity index (χ0) is 44.4. The first-order valence-corrected chi connectivity index (χ1v) is 22.2. The van der Waals surface area contributed by atoms with E-state index in [0.29, 0.717) is 11.5 Å². The van der Waals surface area contributed by atoms with E-state index in [9.17, 15) is 0 Å². The fourth-order valence-corrected chi connectivity index (χ4v) is 8.90. The molecular weight excluding hydrogens is 988 g/mol. The summed E-state index contributed by atoms with van der Waals surface area (Å²) >= 11 is 0. The van der Waals surface area contributed by atoms with E-state index < -0.39 is 0 Å². The molecule has 1 aliphatic rings. The van der Waals surface area contributed by atoms with Gasteiger partial charge in [0.25, 0.3) is 0 Å². The average molecular weight is 1040 g/mol. The summed E-state index contributed by atoms with van der Waals surface area (Å²) in [6, 6.07) is 65.7. The maximum Gasteiger partial charge on any atom is 4.00 e. The van der Waals surface area contributed by atoms with Gasteiger partial charge >= 0.3 is 21.1 Å². The van der Waals surface area contributed by atoms with E-state index in [1.165, 1.54) is 22.3 Å². The second kappa shape index (κ2) is 17.8. The van der Waals surface area contributed by atoms with Crippen molar-refractivity contribution in [2.75, 3.05) is 9.80 Å². The molecule has 7 aromatic carbocycles. The zero-order valence-corrected chi connectivity index (χ0v) is 41.5. The first kappa shape index (κ1) is 46.1. The Hall–Kier alpha value is -6.42. The number of anilines is 4. The molecule has 0 N–H and O–H groups in total. The molecule has 0 amide bonds. The van der Waals surface area contributed by atoms with Gasteiger partial charge in [-0.3, -0.25) is 0 Å². The molecule has 0 aliphatic carbocycles. The van der Waals surface area contributed by atoms with Crippen molar-refractivity contribution in [3.05, 3.63) is 218 Å². The van der Waals surface area contributed by atoms with Gasteiger partial charge in [-0.25, -0.2) is 4.98 Å². The monoisotopic (exact) mass is 1040 g/mol. The van der Waals surface area contributed by atoms with Crippen LogP contribution in [0.5, 0.6) is 11.5 Å². The Bertz CT molecular complexity index is 3180. The van der Waals surface area contributed by atoms with Crippen LogP contribution in [-0.4, -0.2) is 9.55 Å². The number of para-hydroxylation sites is 1. The molecule has 0 unspecified atom stereocenters. The number of hydrogen-bond acceptors (Lipinski definition) is 4. The summed E-state index contributed by atoms with van der Waals surface area (Å²) in [7, 11) is 0. The minimum Gasteiger partial charge on any atom is -0.509 e. The van der Waals surface area contributed by atoms with E-state index in [1.54, 1.807) is 0 Å². The van der Waals surface area contributed by atoms with Gasteiger partial charge < -0.3 is 26.5 Å². The van der Waals surface area contributed by atoms with E-state index in [1.807, 2.05) is 12.3 Å². The van der Waals surface area contributed by atoms with E-state index in [2.05, 4.69) is 246 Å². The van der Waals surface area contributed by atoms with Gasteiger partial charge in [0.2, 0.25) is 0 Å². The summed E-state index contributed by atoms with van der Waals surface area (Å²) in [5, 5.41) is 2.22. The Balaban J connectivity index is 0.00000296. The van der Waals surface area contributed by atoms with Crippen molar-refractivity contribution in [1.82, 2.24) is 9.55 Å². The third-order valence-electron chi connectivity index (χ3n) is 12.7. The first-order valence-electron chi connectivity index (χ1n) is 22.2. The van der Waals surface area contributed by atoms with Gasteiger partial charge in [0.1, 0.15) is 5.82 Å².